The largest absolute Gasteiger partial charge is 0.350 e. The smallest absolute Gasteiger partial charge is 0.241 e. The summed E-state index contributed by atoms with van der Waals surface area (Å²) in [5.41, 5.74) is -0.130. The number of likely N-dealkylation sites (tertiary alicyclic amines) is 1. The van der Waals surface area contributed by atoms with Gasteiger partial charge in [0.1, 0.15) is 11.6 Å². The van der Waals surface area contributed by atoms with Crippen molar-refractivity contribution in [2.24, 2.45) is 5.92 Å². The molecule has 0 saturated carbocycles. The summed E-state index contributed by atoms with van der Waals surface area (Å²) in [5, 5.41) is 2.47. The summed E-state index contributed by atoms with van der Waals surface area (Å²) in [7, 11) is 0. The van der Waals surface area contributed by atoms with Crippen LogP contribution in [-0.2, 0) is 14.3 Å². The van der Waals surface area contributed by atoms with E-state index >= 15 is 0 Å². The molecule has 0 aliphatic carbocycles. The maximum absolute atomic E-state index is 13.6. The summed E-state index contributed by atoms with van der Waals surface area (Å²) >= 11 is 0. The highest BCUT2D eigenvalue weighted by atomic mass is 19.1. The molecule has 2 aliphatic rings. The fourth-order valence-electron chi connectivity index (χ4n) is 3.22. The number of carbonyl (C=O) groups excluding carboxylic acids is 1. The molecule has 1 aromatic carbocycles. The minimum atomic E-state index is -0.647. The van der Waals surface area contributed by atoms with Crippen LogP contribution < -0.4 is 5.32 Å². The van der Waals surface area contributed by atoms with E-state index in [2.05, 4.69) is 5.32 Å². The SMILES string of the molecule is CC(C(=O)Nc1cc(F)ccc1F)N1CCC(C2OCCO2)CC1. The molecule has 0 radical (unpaired) electrons. The van der Waals surface area contributed by atoms with Crippen LogP contribution in [0.4, 0.5) is 14.5 Å². The van der Waals surface area contributed by atoms with Crippen LogP contribution >= 0.6 is 0 Å². The van der Waals surface area contributed by atoms with E-state index in [1.807, 2.05) is 4.90 Å². The van der Waals surface area contributed by atoms with Crippen molar-refractivity contribution in [2.45, 2.75) is 32.1 Å². The molecule has 3 rings (SSSR count). The summed E-state index contributed by atoms with van der Waals surface area (Å²) in [6.45, 7) is 4.55. The molecule has 2 fully saturated rings. The molecular formula is C17H22F2N2O3. The highest BCUT2D eigenvalue weighted by Gasteiger charge is 2.33. The molecule has 2 saturated heterocycles. The molecule has 1 unspecified atom stereocenters. The number of nitrogens with one attached hydrogen (secondary N) is 1. The molecule has 0 bridgehead atoms. The van der Waals surface area contributed by atoms with Gasteiger partial charge >= 0.3 is 0 Å². The van der Waals surface area contributed by atoms with Gasteiger partial charge in [-0.05, 0) is 45.0 Å². The molecular weight excluding hydrogens is 318 g/mol. The highest BCUT2D eigenvalue weighted by molar-refractivity contribution is 5.94. The van der Waals surface area contributed by atoms with E-state index in [4.69, 9.17) is 9.47 Å². The lowest BCUT2D eigenvalue weighted by atomic mass is 9.95. The van der Waals surface area contributed by atoms with Crippen LogP contribution in [0.2, 0.25) is 0 Å². The number of benzene rings is 1. The molecule has 0 aromatic heterocycles. The Kier molecular flexibility index (Phi) is 5.43. The minimum absolute atomic E-state index is 0.127. The maximum Gasteiger partial charge on any atom is 0.241 e. The van der Waals surface area contributed by atoms with E-state index in [0.29, 0.717) is 19.1 Å². The van der Waals surface area contributed by atoms with Crippen molar-refractivity contribution in [3.63, 3.8) is 0 Å². The van der Waals surface area contributed by atoms with Crippen LogP contribution in [0, 0.1) is 17.6 Å². The number of amides is 1. The van der Waals surface area contributed by atoms with Gasteiger partial charge in [-0.15, -0.1) is 0 Å². The Morgan fingerprint density at radius 2 is 1.92 bits per heavy atom. The lowest BCUT2D eigenvalue weighted by Crippen LogP contribution is -2.47. The van der Waals surface area contributed by atoms with Crippen LogP contribution in [0.15, 0.2) is 18.2 Å². The Balaban J connectivity index is 1.53. The summed E-state index contributed by atoms with van der Waals surface area (Å²) in [6, 6.07) is 2.59. The number of ether oxygens (including phenoxy) is 2. The summed E-state index contributed by atoms with van der Waals surface area (Å²) in [6.07, 6.45) is 1.64. The van der Waals surface area contributed by atoms with Crippen molar-refractivity contribution >= 4 is 11.6 Å². The van der Waals surface area contributed by atoms with Gasteiger partial charge < -0.3 is 14.8 Å². The number of nitrogens with zero attached hydrogens (tertiary/aromatic N) is 1. The predicted octanol–water partition coefficient (Wildman–Crippen LogP) is 2.38. The molecule has 132 valence electrons. The molecule has 1 N–H and O–H groups in total. The van der Waals surface area contributed by atoms with Gasteiger partial charge in [0.2, 0.25) is 5.91 Å². The summed E-state index contributed by atoms with van der Waals surface area (Å²) in [5.74, 6) is -1.23. The quantitative estimate of drug-likeness (QED) is 0.914. The van der Waals surface area contributed by atoms with Crippen molar-refractivity contribution in [1.29, 1.82) is 0 Å². The number of carbonyl (C=O) groups is 1. The Bertz CT molecular complexity index is 585. The number of piperidine rings is 1. The van der Waals surface area contributed by atoms with Crippen molar-refractivity contribution in [3.8, 4) is 0 Å². The van der Waals surface area contributed by atoms with E-state index in [9.17, 15) is 13.6 Å². The average molecular weight is 340 g/mol. The molecule has 7 heteroatoms. The Morgan fingerprint density at radius 1 is 1.25 bits per heavy atom. The molecule has 1 atom stereocenters. The zero-order valence-electron chi connectivity index (χ0n) is 13.6. The van der Waals surface area contributed by atoms with E-state index < -0.39 is 17.7 Å². The first-order valence-electron chi connectivity index (χ1n) is 8.28. The molecule has 2 heterocycles. The molecule has 1 aromatic rings. The van der Waals surface area contributed by atoms with Gasteiger partial charge in [0, 0.05) is 12.0 Å². The first-order valence-corrected chi connectivity index (χ1v) is 8.28. The van der Waals surface area contributed by atoms with Gasteiger partial charge in [0.05, 0.1) is 24.9 Å². The van der Waals surface area contributed by atoms with Gasteiger partial charge in [0.15, 0.2) is 6.29 Å². The van der Waals surface area contributed by atoms with Crippen LogP contribution in [-0.4, -0.2) is 49.4 Å². The number of anilines is 1. The van der Waals surface area contributed by atoms with E-state index in [1.54, 1.807) is 6.92 Å². The molecule has 2 aliphatic heterocycles. The Morgan fingerprint density at radius 3 is 2.58 bits per heavy atom. The van der Waals surface area contributed by atoms with Gasteiger partial charge in [0.25, 0.3) is 0 Å². The third kappa shape index (κ3) is 3.91. The van der Waals surface area contributed by atoms with Crippen molar-refractivity contribution < 1.29 is 23.0 Å². The number of hydrogen-bond acceptors (Lipinski definition) is 4. The second-order valence-electron chi connectivity index (χ2n) is 6.27. The van der Waals surface area contributed by atoms with Gasteiger partial charge in [-0.2, -0.15) is 0 Å². The molecule has 1 amide bonds. The lowest BCUT2D eigenvalue weighted by molar-refractivity contribution is -0.123. The van der Waals surface area contributed by atoms with E-state index in [-0.39, 0.29) is 17.9 Å². The molecule has 0 spiro atoms. The van der Waals surface area contributed by atoms with Crippen LogP contribution in [0.3, 0.4) is 0 Å². The lowest BCUT2D eigenvalue weighted by Gasteiger charge is -2.36. The minimum Gasteiger partial charge on any atom is -0.350 e. The second kappa shape index (κ2) is 7.55. The van der Waals surface area contributed by atoms with Crippen molar-refractivity contribution in [3.05, 3.63) is 29.8 Å². The first-order chi connectivity index (χ1) is 11.5. The standard InChI is InChI=1S/C17H22F2N2O3/c1-11(16(22)20-15-10-13(18)2-3-14(15)19)21-6-4-12(5-7-21)17-23-8-9-24-17/h2-3,10-12,17H,4-9H2,1H3,(H,20,22). The zero-order valence-corrected chi connectivity index (χ0v) is 13.6. The monoisotopic (exact) mass is 340 g/mol. The number of halogens is 2. The van der Waals surface area contributed by atoms with Crippen LogP contribution in [0.1, 0.15) is 19.8 Å². The highest BCUT2D eigenvalue weighted by Crippen LogP contribution is 2.27. The van der Waals surface area contributed by atoms with Gasteiger partial charge in [-0.3, -0.25) is 9.69 Å². The van der Waals surface area contributed by atoms with Crippen molar-refractivity contribution in [1.82, 2.24) is 4.90 Å². The Hall–Kier alpha value is -1.57. The maximum atomic E-state index is 13.6. The van der Waals surface area contributed by atoms with Gasteiger partial charge in [-0.1, -0.05) is 0 Å². The summed E-state index contributed by atoms with van der Waals surface area (Å²) in [4.78, 5) is 14.4. The molecule has 24 heavy (non-hydrogen) atoms. The predicted molar refractivity (Wildman–Crippen MR) is 84.4 cm³/mol. The zero-order chi connectivity index (χ0) is 17.1. The van der Waals surface area contributed by atoms with Crippen LogP contribution in [0.25, 0.3) is 0 Å². The Labute approximate surface area is 139 Å². The van der Waals surface area contributed by atoms with Crippen LogP contribution in [0.5, 0.6) is 0 Å². The van der Waals surface area contributed by atoms with E-state index in [1.165, 1.54) is 0 Å². The molecule has 5 nitrogen and oxygen atoms in total. The summed E-state index contributed by atoms with van der Waals surface area (Å²) < 4.78 is 37.9. The average Bonchev–Trinajstić information content (AvgIpc) is 3.12. The topological polar surface area (TPSA) is 50.8 Å². The van der Waals surface area contributed by atoms with Crippen molar-refractivity contribution in [2.75, 3.05) is 31.6 Å². The number of hydrogen-bond donors (Lipinski definition) is 1. The number of rotatable bonds is 4. The second-order valence-corrected chi connectivity index (χ2v) is 6.27. The normalized spacial score (nSPS) is 21.8. The third-order valence-corrected chi connectivity index (χ3v) is 4.72. The third-order valence-electron chi connectivity index (χ3n) is 4.72. The fraction of sp³-hybridized carbons (Fsp3) is 0.588. The first kappa shape index (κ1) is 17.3. The van der Waals surface area contributed by atoms with E-state index in [0.717, 1.165) is 44.1 Å². The fourth-order valence-corrected chi connectivity index (χ4v) is 3.22. The van der Waals surface area contributed by atoms with Gasteiger partial charge in [-0.25, -0.2) is 8.78 Å².